The molecule has 2 rings (SSSR count). The first-order valence-corrected chi connectivity index (χ1v) is 7.16. The molecule has 0 atom stereocenters. The summed E-state index contributed by atoms with van der Waals surface area (Å²) in [5.74, 6) is 0.698. The number of hydrogen-bond donors (Lipinski definition) is 2. The topological polar surface area (TPSA) is 74.7 Å². The molecule has 1 heterocycles. The SMILES string of the molecule is Cc1cc(N(CC(C)C)C2CC2)c(/C(N)=N/O)c(C)n1. The van der Waals surface area contributed by atoms with Crippen molar-refractivity contribution in [2.24, 2.45) is 16.8 Å². The Labute approximate surface area is 120 Å². The number of oxime groups is 1. The number of aromatic nitrogens is 1. The first-order chi connectivity index (χ1) is 9.43. The van der Waals surface area contributed by atoms with Gasteiger partial charge in [-0.3, -0.25) is 4.98 Å². The van der Waals surface area contributed by atoms with E-state index in [1.54, 1.807) is 0 Å². The summed E-state index contributed by atoms with van der Waals surface area (Å²) < 4.78 is 0. The first kappa shape index (κ1) is 14.6. The van der Waals surface area contributed by atoms with Gasteiger partial charge in [-0.15, -0.1) is 0 Å². The molecule has 1 aliphatic rings. The number of pyridine rings is 1. The number of aryl methyl sites for hydroxylation is 2. The second-order valence-electron chi connectivity index (χ2n) is 6.01. The van der Waals surface area contributed by atoms with Crippen LogP contribution in [0, 0.1) is 19.8 Å². The maximum Gasteiger partial charge on any atom is 0.174 e. The minimum atomic E-state index is 0.138. The Bertz CT molecular complexity index is 521. The molecule has 5 heteroatoms. The van der Waals surface area contributed by atoms with Crippen molar-refractivity contribution in [1.29, 1.82) is 0 Å². The molecule has 0 radical (unpaired) electrons. The molecule has 0 saturated heterocycles. The lowest BCUT2D eigenvalue weighted by molar-refractivity contribution is 0.318. The zero-order chi connectivity index (χ0) is 14.9. The van der Waals surface area contributed by atoms with Gasteiger partial charge in [0.2, 0.25) is 0 Å². The molecule has 0 bridgehead atoms. The number of nitrogens with two attached hydrogens (primary N) is 1. The van der Waals surface area contributed by atoms with E-state index in [1.807, 2.05) is 19.9 Å². The molecule has 1 aromatic heterocycles. The second kappa shape index (κ2) is 5.69. The van der Waals surface area contributed by atoms with Crippen LogP contribution in [0.2, 0.25) is 0 Å². The summed E-state index contributed by atoms with van der Waals surface area (Å²) in [5, 5.41) is 12.2. The van der Waals surface area contributed by atoms with E-state index in [-0.39, 0.29) is 5.84 Å². The lowest BCUT2D eigenvalue weighted by atomic mass is 10.1. The molecule has 0 amide bonds. The van der Waals surface area contributed by atoms with Crippen LogP contribution in [0.5, 0.6) is 0 Å². The molecule has 0 spiro atoms. The largest absolute Gasteiger partial charge is 0.409 e. The molecule has 110 valence electrons. The highest BCUT2D eigenvalue weighted by Gasteiger charge is 2.32. The van der Waals surface area contributed by atoms with Crippen molar-refractivity contribution in [2.45, 2.75) is 46.6 Å². The van der Waals surface area contributed by atoms with Crippen molar-refractivity contribution in [1.82, 2.24) is 4.98 Å². The van der Waals surface area contributed by atoms with Gasteiger partial charge < -0.3 is 15.8 Å². The summed E-state index contributed by atoms with van der Waals surface area (Å²) in [6.45, 7) is 9.27. The number of hydrogen-bond acceptors (Lipinski definition) is 4. The van der Waals surface area contributed by atoms with Gasteiger partial charge in [-0.05, 0) is 38.7 Å². The summed E-state index contributed by atoms with van der Waals surface area (Å²) in [4.78, 5) is 6.83. The Kier molecular flexibility index (Phi) is 4.16. The molecular weight excluding hydrogens is 252 g/mol. The second-order valence-corrected chi connectivity index (χ2v) is 6.01. The van der Waals surface area contributed by atoms with E-state index in [0.717, 1.165) is 29.2 Å². The van der Waals surface area contributed by atoms with Crippen LogP contribution in [0.3, 0.4) is 0 Å². The van der Waals surface area contributed by atoms with Crippen LogP contribution in [0.25, 0.3) is 0 Å². The molecule has 1 saturated carbocycles. The summed E-state index contributed by atoms with van der Waals surface area (Å²) >= 11 is 0. The quantitative estimate of drug-likeness (QED) is 0.375. The van der Waals surface area contributed by atoms with E-state index >= 15 is 0 Å². The summed E-state index contributed by atoms with van der Waals surface area (Å²) in [6.07, 6.45) is 2.42. The smallest absolute Gasteiger partial charge is 0.174 e. The van der Waals surface area contributed by atoms with Gasteiger partial charge in [0.05, 0.1) is 16.9 Å². The molecule has 20 heavy (non-hydrogen) atoms. The van der Waals surface area contributed by atoms with Gasteiger partial charge in [-0.25, -0.2) is 0 Å². The minimum Gasteiger partial charge on any atom is -0.409 e. The fourth-order valence-corrected chi connectivity index (χ4v) is 2.62. The monoisotopic (exact) mass is 276 g/mol. The third-order valence-electron chi connectivity index (χ3n) is 3.53. The molecule has 3 N–H and O–H groups in total. The lowest BCUT2D eigenvalue weighted by Crippen LogP contribution is -2.33. The maximum atomic E-state index is 9.04. The van der Waals surface area contributed by atoms with Crippen molar-refractivity contribution < 1.29 is 5.21 Å². The standard InChI is InChI=1S/C15H24N4O/c1-9(2)8-19(12-5-6-12)13-7-10(3)17-11(4)14(13)15(16)18-20/h7,9,12,20H,5-6,8H2,1-4H3,(H2,16,18). The van der Waals surface area contributed by atoms with Crippen molar-refractivity contribution in [2.75, 3.05) is 11.4 Å². The third kappa shape index (κ3) is 3.03. The molecular formula is C15H24N4O. The molecule has 1 fully saturated rings. The fraction of sp³-hybridized carbons (Fsp3) is 0.600. The number of rotatable bonds is 5. The van der Waals surface area contributed by atoms with Crippen LogP contribution in [0.4, 0.5) is 5.69 Å². The van der Waals surface area contributed by atoms with E-state index in [2.05, 4.69) is 28.9 Å². The Balaban J connectivity index is 2.51. The van der Waals surface area contributed by atoms with Crippen molar-refractivity contribution in [3.8, 4) is 0 Å². The molecule has 0 aliphatic heterocycles. The Morgan fingerprint density at radius 1 is 1.50 bits per heavy atom. The summed E-state index contributed by atoms with van der Waals surface area (Å²) in [6, 6.07) is 2.62. The van der Waals surface area contributed by atoms with Gasteiger partial charge in [0.15, 0.2) is 5.84 Å². The molecule has 1 aromatic rings. The highest BCUT2D eigenvalue weighted by Crippen LogP contribution is 2.35. The van der Waals surface area contributed by atoms with Crippen molar-refractivity contribution in [3.63, 3.8) is 0 Å². The van der Waals surface area contributed by atoms with E-state index in [9.17, 15) is 0 Å². The maximum absolute atomic E-state index is 9.04. The first-order valence-electron chi connectivity index (χ1n) is 7.16. The highest BCUT2D eigenvalue weighted by atomic mass is 16.4. The van der Waals surface area contributed by atoms with Crippen LogP contribution in [-0.4, -0.2) is 28.6 Å². The highest BCUT2D eigenvalue weighted by molar-refractivity contribution is 6.03. The van der Waals surface area contributed by atoms with Crippen LogP contribution in [-0.2, 0) is 0 Å². The van der Waals surface area contributed by atoms with Crippen LogP contribution >= 0.6 is 0 Å². The summed E-state index contributed by atoms with van der Waals surface area (Å²) in [7, 11) is 0. The molecule has 0 aromatic carbocycles. The zero-order valence-corrected chi connectivity index (χ0v) is 12.7. The minimum absolute atomic E-state index is 0.138. The van der Waals surface area contributed by atoms with E-state index in [4.69, 9.17) is 10.9 Å². The molecule has 1 aliphatic carbocycles. The molecule has 5 nitrogen and oxygen atoms in total. The van der Waals surface area contributed by atoms with Gasteiger partial charge in [0, 0.05) is 18.3 Å². The molecule has 0 unspecified atom stereocenters. The predicted molar refractivity (Wildman–Crippen MR) is 81.4 cm³/mol. The number of nitrogens with zero attached hydrogens (tertiary/aromatic N) is 3. The lowest BCUT2D eigenvalue weighted by Gasteiger charge is -2.29. The third-order valence-corrected chi connectivity index (χ3v) is 3.53. The van der Waals surface area contributed by atoms with Crippen molar-refractivity contribution >= 4 is 11.5 Å². The van der Waals surface area contributed by atoms with Gasteiger partial charge in [0.25, 0.3) is 0 Å². The van der Waals surface area contributed by atoms with Gasteiger partial charge >= 0.3 is 0 Å². The van der Waals surface area contributed by atoms with Crippen LogP contribution < -0.4 is 10.6 Å². The van der Waals surface area contributed by atoms with Crippen LogP contribution in [0.15, 0.2) is 11.2 Å². The number of anilines is 1. The average Bonchev–Trinajstić information content (AvgIpc) is 3.18. The van der Waals surface area contributed by atoms with Gasteiger partial charge in [-0.2, -0.15) is 0 Å². The Hall–Kier alpha value is -1.78. The van der Waals surface area contributed by atoms with Crippen molar-refractivity contribution in [3.05, 3.63) is 23.0 Å². The van der Waals surface area contributed by atoms with E-state index in [0.29, 0.717) is 12.0 Å². The average molecular weight is 276 g/mol. The predicted octanol–water partition coefficient (Wildman–Crippen LogP) is 2.42. The van der Waals surface area contributed by atoms with Gasteiger partial charge in [-0.1, -0.05) is 19.0 Å². The fourth-order valence-electron chi connectivity index (χ4n) is 2.62. The van der Waals surface area contributed by atoms with Crippen LogP contribution in [0.1, 0.15) is 43.6 Å². The zero-order valence-electron chi connectivity index (χ0n) is 12.7. The Morgan fingerprint density at radius 3 is 2.65 bits per heavy atom. The Morgan fingerprint density at radius 2 is 2.15 bits per heavy atom. The normalized spacial score (nSPS) is 15.8. The van der Waals surface area contributed by atoms with E-state index < -0.39 is 0 Å². The van der Waals surface area contributed by atoms with E-state index in [1.165, 1.54) is 12.8 Å². The van der Waals surface area contributed by atoms with Gasteiger partial charge in [0.1, 0.15) is 0 Å². The number of amidine groups is 1. The summed E-state index contributed by atoms with van der Waals surface area (Å²) in [5.41, 5.74) is 9.44.